The first-order valence-electron chi connectivity index (χ1n) is 7.99. The molecule has 1 N–H and O–H groups in total. The molecule has 5 nitrogen and oxygen atoms in total. The van der Waals surface area contributed by atoms with Crippen LogP contribution in [-0.4, -0.2) is 53.4 Å². The van der Waals surface area contributed by atoms with Crippen molar-refractivity contribution in [2.45, 2.75) is 39.2 Å². The molecule has 1 fully saturated rings. The zero-order chi connectivity index (χ0) is 15.9. The number of hydrogen-bond donors (Lipinski definition) is 1. The number of hydrazine groups is 1. The van der Waals surface area contributed by atoms with Gasteiger partial charge >= 0.3 is 0 Å². The van der Waals surface area contributed by atoms with Crippen LogP contribution < -0.4 is 4.74 Å². The van der Waals surface area contributed by atoms with Crippen molar-refractivity contribution < 1.29 is 14.6 Å². The summed E-state index contributed by atoms with van der Waals surface area (Å²) in [6, 6.07) is 7.91. The van der Waals surface area contributed by atoms with Crippen LogP contribution in [-0.2, 0) is 4.79 Å². The van der Waals surface area contributed by atoms with Gasteiger partial charge < -0.3 is 9.84 Å². The number of carbonyl (C=O) groups excluding carboxylic acids is 1. The number of carbonyl (C=O) groups is 1. The van der Waals surface area contributed by atoms with E-state index in [1.165, 1.54) is 0 Å². The molecular formula is C17H26N2O3. The summed E-state index contributed by atoms with van der Waals surface area (Å²) in [5.41, 5.74) is 1.16. The van der Waals surface area contributed by atoms with Gasteiger partial charge in [-0.1, -0.05) is 12.1 Å². The van der Waals surface area contributed by atoms with E-state index in [0.29, 0.717) is 32.5 Å². The summed E-state index contributed by atoms with van der Waals surface area (Å²) < 4.78 is 5.74. The number of aliphatic hydroxyl groups is 1. The first-order chi connectivity index (χ1) is 10.6. The third-order valence-electron chi connectivity index (χ3n) is 3.80. The second-order valence-corrected chi connectivity index (χ2v) is 5.88. The van der Waals surface area contributed by atoms with Crippen molar-refractivity contribution in [3.05, 3.63) is 29.8 Å². The van der Waals surface area contributed by atoms with E-state index in [1.807, 2.05) is 36.2 Å². The second-order valence-electron chi connectivity index (χ2n) is 5.88. The van der Waals surface area contributed by atoms with Gasteiger partial charge in [-0.2, -0.15) is 0 Å². The number of rotatable bonds is 7. The van der Waals surface area contributed by atoms with E-state index in [1.54, 1.807) is 11.9 Å². The normalized spacial score (nSPS) is 17.6. The van der Waals surface area contributed by atoms with Gasteiger partial charge in [0, 0.05) is 19.5 Å². The predicted octanol–water partition coefficient (Wildman–Crippen LogP) is 1.98. The molecule has 1 atom stereocenters. The Balaban J connectivity index is 1.85. The van der Waals surface area contributed by atoms with Crippen LogP contribution in [0.3, 0.4) is 0 Å². The van der Waals surface area contributed by atoms with Gasteiger partial charge in [-0.15, -0.1) is 0 Å². The van der Waals surface area contributed by atoms with Crippen LogP contribution in [0, 0.1) is 6.92 Å². The van der Waals surface area contributed by atoms with Gasteiger partial charge in [0.15, 0.2) is 0 Å². The first kappa shape index (κ1) is 16.8. The third-order valence-corrected chi connectivity index (χ3v) is 3.80. The summed E-state index contributed by atoms with van der Waals surface area (Å²) in [7, 11) is 0. The second kappa shape index (κ2) is 8.15. The quantitative estimate of drug-likeness (QED) is 0.837. The number of benzene rings is 1. The SMILES string of the molecule is Cc1cccc(OCCN2C(=O)CCCN2CCC(C)O)c1. The van der Waals surface area contributed by atoms with Crippen molar-refractivity contribution >= 4 is 5.91 Å². The molecule has 1 saturated heterocycles. The average Bonchev–Trinajstić information content (AvgIpc) is 2.47. The maximum absolute atomic E-state index is 12.1. The smallest absolute Gasteiger partial charge is 0.237 e. The van der Waals surface area contributed by atoms with Gasteiger partial charge in [0.25, 0.3) is 0 Å². The van der Waals surface area contributed by atoms with Crippen LogP contribution in [0.2, 0.25) is 0 Å². The van der Waals surface area contributed by atoms with E-state index >= 15 is 0 Å². The van der Waals surface area contributed by atoms with E-state index in [4.69, 9.17) is 4.74 Å². The summed E-state index contributed by atoms with van der Waals surface area (Å²) in [4.78, 5) is 12.1. The first-order valence-corrected chi connectivity index (χ1v) is 7.99. The molecular weight excluding hydrogens is 280 g/mol. The van der Waals surface area contributed by atoms with Crippen LogP contribution in [0.25, 0.3) is 0 Å². The molecule has 1 heterocycles. The number of ether oxygens (including phenoxy) is 1. The molecule has 5 heteroatoms. The van der Waals surface area contributed by atoms with Crippen LogP contribution in [0.15, 0.2) is 24.3 Å². The lowest BCUT2D eigenvalue weighted by Crippen LogP contribution is -2.52. The zero-order valence-electron chi connectivity index (χ0n) is 13.5. The van der Waals surface area contributed by atoms with E-state index < -0.39 is 0 Å². The summed E-state index contributed by atoms with van der Waals surface area (Å²) in [5, 5.41) is 13.3. The Morgan fingerprint density at radius 1 is 1.36 bits per heavy atom. The van der Waals surface area contributed by atoms with E-state index in [-0.39, 0.29) is 12.0 Å². The summed E-state index contributed by atoms with van der Waals surface area (Å²) >= 11 is 0. The highest BCUT2D eigenvalue weighted by Crippen LogP contribution is 2.15. The van der Waals surface area contributed by atoms with Crippen LogP contribution in [0.4, 0.5) is 0 Å². The van der Waals surface area contributed by atoms with Crippen LogP contribution in [0.5, 0.6) is 5.75 Å². The zero-order valence-corrected chi connectivity index (χ0v) is 13.5. The van der Waals surface area contributed by atoms with E-state index in [9.17, 15) is 9.90 Å². The molecule has 1 amide bonds. The highest BCUT2D eigenvalue weighted by Gasteiger charge is 2.25. The Morgan fingerprint density at radius 3 is 2.91 bits per heavy atom. The van der Waals surface area contributed by atoms with E-state index in [0.717, 1.165) is 24.3 Å². The molecule has 1 aromatic rings. The van der Waals surface area contributed by atoms with Crippen molar-refractivity contribution in [1.82, 2.24) is 10.0 Å². The highest BCUT2D eigenvalue weighted by atomic mass is 16.5. The fourth-order valence-electron chi connectivity index (χ4n) is 2.61. The molecule has 2 rings (SSSR count). The van der Waals surface area contributed by atoms with Gasteiger partial charge in [0.05, 0.1) is 12.6 Å². The fourth-order valence-corrected chi connectivity index (χ4v) is 2.61. The standard InChI is InChI=1S/C17H26N2O3/c1-14-5-3-6-16(13-14)22-12-11-19-17(21)7-4-9-18(19)10-8-15(2)20/h3,5-6,13,15,20H,4,7-12H2,1-2H3. The molecule has 0 saturated carbocycles. The Hall–Kier alpha value is -1.59. The van der Waals surface area contributed by atoms with Crippen molar-refractivity contribution in [1.29, 1.82) is 0 Å². The predicted molar refractivity (Wildman–Crippen MR) is 85.5 cm³/mol. The Labute approximate surface area is 132 Å². The monoisotopic (exact) mass is 306 g/mol. The fraction of sp³-hybridized carbons (Fsp3) is 0.588. The van der Waals surface area contributed by atoms with Crippen molar-refractivity contribution in [2.75, 3.05) is 26.2 Å². The molecule has 0 bridgehead atoms. The van der Waals surface area contributed by atoms with Crippen LogP contribution in [0.1, 0.15) is 31.7 Å². The Bertz CT molecular complexity index is 491. The molecule has 0 aromatic heterocycles. The summed E-state index contributed by atoms with van der Waals surface area (Å²) in [6.45, 7) is 6.39. The number of aryl methyl sites for hydroxylation is 1. The molecule has 122 valence electrons. The summed E-state index contributed by atoms with van der Waals surface area (Å²) in [5.74, 6) is 0.977. The lowest BCUT2D eigenvalue weighted by Gasteiger charge is -2.38. The highest BCUT2D eigenvalue weighted by molar-refractivity contribution is 5.76. The number of amides is 1. The molecule has 1 unspecified atom stereocenters. The minimum Gasteiger partial charge on any atom is -0.492 e. The molecule has 1 aliphatic heterocycles. The third kappa shape index (κ3) is 5.00. The van der Waals surface area contributed by atoms with Gasteiger partial charge in [0.1, 0.15) is 12.4 Å². The minimum atomic E-state index is -0.345. The Morgan fingerprint density at radius 2 is 2.18 bits per heavy atom. The number of hydrogen-bond acceptors (Lipinski definition) is 4. The molecule has 1 aliphatic rings. The lowest BCUT2D eigenvalue weighted by atomic mass is 10.2. The Kier molecular flexibility index (Phi) is 6.21. The minimum absolute atomic E-state index is 0.143. The topological polar surface area (TPSA) is 53.0 Å². The molecule has 0 aliphatic carbocycles. The lowest BCUT2D eigenvalue weighted by molar-refractivity contribution is -0.157. The molecule has 0 spiro atoms. The number of nitrogens with zero attached hydrogens (tertiary/aromatic N) is 2. The molecule has 0 radical (unpaired) electrons. The van der Waals surface area contributed by atoms with Crippen molar-refractivity contribution in [2.24, 2.45) is 0 Å². The largest absolute Gasteiger partial charge is 0.492 e. The maximum atomic E-state index is 12.1. The van der Waals surface area contributed by atoms with Gasteiger partial charge in [-0.3, -0.25) is 9.80 Å². The van der Waals surface area contributed by atoms with Crippen molar-refractivity contribution in [3.8, 4) is 5.75 Å². The van der Waals surface area contributed by atoms with Crippen LogP contribution >= 0.6 is 0 Å². The van der Waals surface area contributed by atoms with Gasteiger partial charge in [-0.25, -0.2) is 5.01 Å². The maximum Gasteiger partial charge on any atom is 0.237 e. The van der Waals surface area contributed by atoms with Gasteiger partial charge in [0.2, 0.25) is 5.91 Å². The molecule has 1 aromatic carbocycles. The van der Waals surface area contributed by atoms with Gasteiger partial charge in [-0.05, 0) is 44.4 Å². The molecule has 22 heavy (non-hydrogen) atoms. The average molecular weight is 306 g/mol. The van der Waals surface area contributed by atoms with Crippen molar-refractivity contribution in [3.63, 3.8) is 0 Å². The van der Waals surface area contributed by atoms with E-state index in [2.05, 4.69) is 0 Å². The summed E-state index contributed by atoms with van der Waals surface area (Å²) in [6.07, 6.45) is 1.80. The number of aliphatic hydroxyl groups excluding tert-OH is 1.